The van der Waals surface area contributed by atoms with Crippen LogP contribution in [0.15, 0.2) is 60.7 Å². The smallest absolute Gasteiger partial charge is 0.304 e. The Kier molecular flexibility index (Phi) is 5.07. The van der Waals surface area contributed by atoms with E-state index in [1.165, 1.54) is 0 Å². The number of carboxylic acid groups (broad SMARTS) is 2. The lowest BCUT2D eigenvalue weighted by molar-refractivity contribution is -0.143. The quantitative estimate of drug-likeness (QED) is 0.810. The van der Waals surface area contributed by atoms with Crippen LogP contribution in [0.5, 0.6) is 0 Å². The molecule has 2 aromatic carbocycles. The van der Waals surface area contributed by atoms with Crippen LogP contribution < -0.4 is 0 Å². The van der Waals surface area contributed by atoms with Gasteiger partial charge in [0.05, 0.1) is 12.8 Å². The van der Waals surface area contributed by atoms with Gasteiger partial charge in [0, 0.05) is 10.8 Å². The third kappa shape index (κ3) is 3.32. The van der Waals surface area contributed by atoms with Gasteiger partial charge < -0.3 is 10.2 Å². The highest BCUT2D eigenvalue weighted by molar-refractivity contribution is 5.73. The van der Waals surface area contributed by atoms with Gasteiger partial charge in [-0.1, -0.05) is 74.5 Å². The number of carboxylic acids is 2. The van der Waals surface area contributed by atoms with Crippen molar-refractivity contribution in [3.05, 3.63) is 71.8 Å². The second kappa shape index (κ2) is 6.87. The van der Waals surface area contributed by atoms with Gasteiger partial charge >= 0.3 is 11.9 Å². The molecule has 126 valence electrons. The minimum atomic E-state index is -0.950. The Morgan fingerprint density at radius 1 is 0.708 bits per heavy atom. The lowest BCUT2D eigenvalue weighted by Crippen LogP contribution is -2.48. The third-order valence-electron chi connectivity index (χ3n) is 5.05. The Balaban J connectivity index is 2.70. The summed E-state index contributed by atoms with van der Waals surface area (Å²) < 4.78 is 0. The topological polar surface area (TPSA) is 74.6 Å². The summed E-state index contributed by atoms with van der Waals surface area (Å²) >= 11 is 0. The Labute approximate surface area is 141 Å². The molecule has 0 aliphatic heterocycles. The van der Waals surface area contributed by atoms with Gasteiger partial charge in [-0.25, -0.2) is 0 Å². The van der Waals surface area contributed by atoms with Gasteiger partial charge in [0.1, 0.15) is 0 Å². The average molecular weight is 326 g/mol. The molecule has 0 amide bonds. The van der Waals surface area contributed by atoms with E-state index in [4.69, 9.17) is 0 Å². The first-order chi connectivity index (χ1) is 11.3. The molecule has 0 aliphatic carbocycles. The zero-order valence-corrected chi connectivity index (χ0v) is 13.9. The van der Waals surface area contributed by atoms with Crippen molar-refractivity contribution in [1.29, 1.82) is 0 Å². The standard InChI is InChI=1S/C20H22O4/c1-19(13-17(21)22,15-9-5-3-6-10-15)20(2,14-18(23)24)16-11-7-4-8-12-16/h3-12H,13-14H2,1-2H3,(H,21,22)(H,23,24). The molecule has 4 heteroatoms. The van der Waals surface area contributed by atoms with Gasteiger partial charge in [0.15, 0.2) is 0 Å². The molecule has 2 aromatic rings. The maximum absolute atomic E-state index is 11.6. The van der Waals surface area contributed by atoms with E-state index in [9.17, 15) is 19.8 Å². The molecule has 0 bridgehead atoms. The Bertz CT molecular complexity index is 647. The Morgan fingerprint density at radius 3 is 1.25 bits per heavy atom. The SMILES string of the molecule is CC(CC(=O)O)(c1ccccc1)C(C)(CC(=O)O)c1ccccc1. The molecule has 0 heterocycles. The largest absolute Gasteiger partial charge is 0.481 e. The molecular formula is C20H22O4. The molecule has 2 N–H and O–H groups in total. The number of hydrogen-bond donors (Lipinski definition) is 2. The van der Waals surface area contributed by atoms with Crippen molar-refractivity contribution >= 4 is 11.9 Å². The first-order valence-electron chi connectivity index (χ1n) is 7.84. The van der Waals surface area contributed by atoms with Crippen molar-refractivity contribution < 1.29 is 19.8 Å². The summed E-state index contributed by atoms with van der Waals surface area (Å²) in [5, 5.41) is 19.0. The summed E-state index contributed by atoms with van der Waals surface area (Å²) in [6.07, 6.45) is -0.314. The maximum Gasteiger partial charge on any atom is 0.304 e. The van der Waals surface area contributed by atoms with Crippen LogP contribution in [0.3, 0.4) is 0 Å². The first kappa shape index (κ1) is 17.7. The summed E-state index contributed by atoms with van der Waals surface area (Å²) in [5.41, 5.74) is -0.111. The number of hydrogen-bond acceptors (Lipinski definition) is 2. The molecule has 2 rings (SSSR count). The zero-order valence-electron chi connectivity index (χ0n) is 13.9. The highest BCUT2D eigenvalue weighted by Gasteiger charge is 2.49. The van der Waals surface area contributed by atoms with Crippen LogP contribution in [0.4, 0.5) is 0 Å². The van der Waals surface area contributed by atoms with Crippen LogP contribution in [0.2, 0.25) is 0 Å². The van der Waals surface area contributed by atoms with Gasteiger partial charge in [-0.05, 0) is 11.1 Å². The zero-order chi connectivity index (χ0) is 17.8. The van der Waals surface area contributed by atoms with E-state index in [1.54, 1.807) is 0 Å². The van der Waals surface area contributed by atoms with Crippen LogP contribution in [-0.2, 0) is 20.4 Å². The Morgan fingerprint density at radius 2 is 1.00 bits per heavy atom. The van der Waals surface area contributed by atoms with Gasteiger partial charge in [-0.2, -0.15) is 0 Å². The fourth-order valence-corrected chi connectivity index (χ4v) is 3.45. The predicted octanol–water partition coefficient (Wildman–Crippen LogP) is 3.85. The minimum absolute atomic E-state index is 0.157. The molecule has 0 radical (unpaired) electrons. The van der Waals surface area contributed by atoms with Crippen LogP contribution in [-0.4, -0.2) is 22.2 Å². The second-order valence-electron chi connectivity index (χ2n) is 6.54. The molecule has 0 saturated heterocycles. The van der Waals surface area contributed by atoms with Gasteiger partial charge in [0.2, 0.25) is 0 Å². The molecule has 0 aromatic heterocycles. The summed E-state index contributed by atoms with van der Waals surface area (Å²) in [7, 11) is 0. The summed E-state index contributed by atoms with van der Waals surface area (Å²) in [4.78, 5) is 23.2. The van der Waals surface area contributed by atoms with E-state index in [-0.39, 0.29) is 12.8 Å². The molecule has 4 nitrogen and oxygen atoms in total. The number of carbonyl (C=O) groups is 2. The van der Waals surface area contributed by atoms with E-state index < -0.39 is 22.8 Å². The van der Waals surface area contributed by atoms with E-state index >= 15 is 0 Å². The summed E-state index contributed by atoms with van der Waals surface area (Å²) in [6.45, 7) is 3.68. The highest BCUT2D eigenvalue weighted by Crippen LogP contribution is 2.48. The Hall–Kier alpha value is -2.62. The van der Waals surface area contributed by atoms with Crippen molar-refractivity contribution in [3.63, 3.8) is 0 Å². The van der Waals surface area contributed by atoms with E-state index in [2.05, 4.69) is 0 Å². The lowest BCUT2D eigenvalue weighted by Gasteiger charge is -2.46. The van der Waals surface area contributed by atoms with Crippen molar-refractivity contribution in [1.82, 2.24) is 0 Å². The normalized spacial score (nSPS) is 15.9. The van der Waals surface area contributed by atoms with Gasteiger partial charge in [0.25, 0.3) is 0 Å². The molecule has 0 saturated carbocycles. The number of benzene rings is 2. The van der Waals surface area contributed by atoms with Crippen molar-refractivity contribution in [3.8, 4) is 0 Å². The minimum Gasteiger partial charge on any atom is -0.481 e. The molecule has 0 fully saturated rings. The van der Waals surface area contributed by atoms with Crippen LogP contribution in [0.25, 0.3) is 0 Å². The maximum atomic E-state index is 11.6. The van der Waals surface area contributed by atoms with Crippen LogP contribution in [0.1, 0.15) is 37.8 Å². The van der Waals surface area contributed by atoms with E-state index in [0.29, 0.717) is 0 Å². The number of aliphatic carboxylic acids is 2. The molecule has 0 aliphatic rings. The molecule has 0 spiro atoms. The summed E-state index contributed by atoms with van der Waals surface area (Å²) in [6, 6.07) is 18.6. The average Bonchev–Trinajstić information content (AvgIpc) is 2.55. The van der Waals surface area contributed by atoms with Crippen LogP contribution >= 0.6 is 0 Å². The monoisotopic (exact) mass is 326 g/mol. The number of rotatable bonds is 7. The third-order valence-corrected chi connectivity index (χ3v) is 5.05. The van der Waals surface area contributed by atoms with Crippen molar-refractivity contribution in [2.75, 3.05) is 0 Å². The summed E-state index contributed by atoms with van der Waals surface area (Å²) in [5.74, 6) is -1.90. The first-order valence-corrected chi connectivity index (χ1v) is 7.84. The van der Waals surface area contributed by atoms with Gasteiger partial charge in [-0.15, -0.1) is 0 Å². The highest BCUT2D eigenvalue weighted by atomic mass is 16.4. The van der Waals surface area contributed by atoms with Gasteiger partial charge in [-0.3, -0.25) is 9.59 Å². The molecule has 2 atom stereocenters. The molecule has 24 heavy (non-hydrogen) atoms. The fourth-order valence-electron chi connectivity index (χ4n) is 3.45. The fraction of sp³-hybridized carbons (Fsp3) is 0.300. The molecular weight excluding hydrogens is 304 g/mol. The lowest BCUT2D eigenvalue weighted by atomic mass is 9.56. The molecule has 2 unspecified atom stereocenters. The van der Waals surface area contributed by atoms with E-state index in [1.807, 2.05) is 74.5 Å². The predicted molar refractivity (Wildman–Crippen MR) is 92.1 cm³/mol. The van der Waals surface area contributed by atoms with E-state index in [0.717, 1.165) is 11.1 Å². The van der Waals surface area contributed by atoms with Crippen LogP contribution in [0, 0.1) is 0 Å². The van der Waals surface area contributed by atoms with Crippen molar-refractivity contribution in [2.24, 2.45) is 0 Å². The van der Waals surface area contributed by atoms with Crippen molar-refractivity contribution in [2.45, 2.75) is 37.5 Å². The second-order valence-corrected chi connectivity index (χ2v) is 6.54.